The summed E-state index contributed by atoms with van der Waals surface area (Å²) in [7, 11) is 1.60. The SMILES string of the molecule is CCCCOc1ccc(C(=O)Nc2sc3c(c2C(=O)NCCOC)CCCC3)cc1. The van der Waals surface area contributed by atoms with Gasteiger partial charge in [-0.05, 0) is 61.9 Å². The predicted molar refractivity (Wildman–Crippen MR) is 120 cm³/mol. The second-order valence-corrected chi connectivity index (χ2v) is 8.45. The van der Waals surface area contributed by atoms with Crippen LogP contribution >= 0.6 is 11.3 Å². The third kappa shape index (κ3) is 5.61. The number of nitrogens with one attached hydrogen (secondary N) is 2. The van der Waals surface area contributed by atoms with Gasteiger partial charge in [-0.2, -0.15) is 0 Å². The van der Waals surface area contributed by atoms with E-state index in [2.05, 4.69) is 17.6 Å². The lowest BCUT2D eigenvalue weighted by Crippen LogP contribution is -2.28. The number of methoxy groups -OCH3 is 1. The van der Waals surface area contributed by atoms with Gasteiger partial charge >= 0.3 is 0 Å². The largest absolute Gasteiger partial charge is 0.494 e. The van der Waals surface area contributed by atoms with E-state index >= 15 is 0 Å². The lowest BCUT2D eigenvalue weighted by molar-refractivity contribution is 0.0937. The number of unbranched alkanes of at least 4 members (excludes halogenated alkanes) is 1. The first-order valence-corrected chi connectivity index (χ1v) is 11.4. The topological polar surface area (TPSA) is 76.7 Å². The number of thiophene rings is 1. The molecule has 0 saturated heterocycles. The fraction of sp³-hybridized carbons (Fsp3) is 0.478. The molecule has 0 unspecified atom stereocenters. The molecule has 1 aliphatic carbocycles. The van der Waals surface area contributed by atoms with Gasteiger partial charge in [0.15, 0.2) is 0 Å². The van der Waals surface area contributed by atoms with E-state index in [4.69, 9.17) is 9.47 Å². The molecule has 0 fully saturated rings. The quantitative estimate of drug-likeness (QED) is 0.547. The van der Waals surface area contributed by atoms with E-state index in [0.29, 0.717) is 35.9 Å². The van der Waals surface area contributed by atoms with Crippen molar-refractivity contribution in [3.05, 3.63) is 45.8 Å². The molecule has 0 radical (unpaired) electrons. The lowest BCUT2D eigenvalue weighted by atomic mass is 9.95. The number of anilines is 1. The van der Waals surface area contributed by atoms with Crippen LogP contribution in [0.25, 0.3) is 0 Å². The van der Waals surface area contributed by atoms with Gasteiger partial charge in [0.1, 0.15) is 10.8 Å². The van der Waals surface area contributed by atoms with Crippen LogP contribution in [0.1, 0.15) is 63.8 Å². The average Bonchev–Trinajstić information content (AvgIpc) is 3.12. The Morgan fingerprint density at radius 3 is 2.57 bits per heavy atom. The van der Waals surface area contributed by atoms with Crippen molar-refractivity contribution in [3.8, 4) is 5.75 Å². The standard InChI is InChI=1S/C23H30N2O4S/c1-3-4-14-29-17-11-9-16(10-12-17)21(26)25-23-20(22(27)24-13-15-28-2)18-7-5-6-8-19(18)30-23/h9-12H,3-8,13-15H2,1-2H3,(H,24,27)(H,25,26). The van der Waals surface area contributed by atoms with Crippen molar-refractivity contribution in [2.45, 2.75) is 45.4 Å². The Morgan fingerprint density at radius 2 is 1.83 bits per heavy atom. The zero-order valence-corrected chi connectivity index (χ0v) is 18.5. The molecule has 2 N–H and O–H groups in total. The lowest BCUT2D eigenvalue weighted by Gasteiger charge is -2.13. The van der Waals surface area contributed by atoms with Crippen molar-refractivity contribution in [2.24, 2.45) is 0 Å². The number of hydrogen-bond acceptors (Lipinski definition) is 5. The molecule has 162 valence electrons. The number of carbonyl (C=O) groups is 2. The van der Waals surface area contributed by atoms with E-state index in [1.54, 1.807) is 19.2 Å². The monoisotopic (exact) mass is 430 g/mol. The maximum Gasteiger partial charge on any atom is 0.256 e. The maximum absolute atomic E-state index is 12.8. The van der Waals surface area contributed by atoms with E-state index in [9.17, 15) is 9.59 Å². The van der Waals surface area contributed by atoms with Crippen molar-refractivity contribution in [3.63, 3.8) is 0 Å². The van der Waals surface area contributed by atoms with Gasteiger partial charge in [0.25, 0.3) is 11.8 Å². The summed E-state index contributed by atoms with van der Waals surface area (Å²) in [6, 6.07) is 7.12. The fourth-order valence-electron chi connectivity index (χ4n) is 3.46. The molecule has 6 nitrogen and oxygen atoms in total. The second kappa shape index (κ2) is 11.1. The number of carbonyl (C=O) groups excluding carboxylic acids is 2. The number of ether oxygens (including phenoxy) is 2. The van der Waals surface area contributed by atoms with E-state index in [-0.39, 0.29) is 11.8 Å². The highest BCUT2D eigenvalue weighted by Gasteiger charge is 2.26. The first kappa shape index (κ1) is 22.3. The summed E-state index contributed by atoms with van der Waals surface area (Å²) in [5.74, 6) is 0.380. The first-order valence-electron chi connectivity index (χ1n) is 10.6. The zero-order valence-electron chi connectivity index (χ0n) is 17.7. The summed E-state index contributed by atoms with van der Waals surface area (Å²) < 4.78 is 10.7. The van der Waals surface area contributed by atoms with Gasteiger partial charge in [0.2, 0.25) is 0 Å². The predicted octanol–water partition coefficient (Wildman–Crippen LogP) is 4.43. The summed E-state index contributed by atoms with van der Waals surface area (Å²) in [6.45, 7) is 3.68. The van der Waals surface area contributed by atoms with Crippen LogP contribution in [0.15, 0.2) is 24.3 Å². The van der Waals surface area contributed by atoms with Crippen LogP contribution in [0.3, 0.4) is 0 Å². The van der Waals surface area contributed by atoms with Gasteiger partial charge in [-0.25, -0.2) is 0 Å². The minimum Gasteiger partial charge on any atom is -0.494 e. The highest BCUT2D eigenvalue weighted by Crippen LogP contribution is 2.38. The third-order valence-electron chi connectivity index (χ3n) is 5.10. The number of aryl methyl sites for hydroxylation is 1. The van der Waals surface area contributed by atoms with E-state index in [1.807, 2.05) is 12.1 Å². The molecule has 1 heterocycles. The molecule has 3 rings (SSSR count). The molecular formula is C23H30N2O4S. The van der Waals surface area contributed by atoms with Crippen LogP contribution in [0.4, 0.5) is 5.00 Å². The summed E-state index contributed by atoms with van der Waals surface area (Å²) in [6.07, 6.45) is 6.09. The van der Waals surface area contributed by atoms with Crippen LogP contribution in [-0.4, -0.2) is 38.7 Å². The van der Waals surface area contributed by atoms with Crippen LogP contribution in [0, 0.1) is 0 Å². The van der Waals surface area contributed by atoms with Crippen molar-refractivity contribution < 1.29 is 19.1 Å². The molecule has 0 aliphatic heterocycles. The molecule has 0 spiro atoms. The number of fused-ring (bicyclic) bond motifs is 1. The molecule has 2 amide bonds. The molecule has 0 saturated carbocycles. The van der Waals surface area contributed by atoms with Crippen molar-refractivity contribution >= 4 is 28.2 Å². The molecule has 0 bridgehead atoms. The molecular weight excluding hydrogens is 400 g/mol. The maximum atomic E-state index is 12.8. The molecule has 30 heavy (non-hydrogen) atoms. The average molecular weight is 431 g/mol. The Hall–Kier alpha value is -2.38. The molecule has 0 atom stereocenters. The number of benzene rings is 1. The summed E-state index contributed by atoms with van der Waals surface area (Å²) in [4.78, 5) is 26.9. The Kier molecular flexibility index (Phi) is 8.28. The Bertz CT molecular complexity index is 861. The normalized spacial score (nSPS) is 12.9. The second-order valence-electron chi connectivity index (χ2n) is 7.34. The van der Waals surface area contributed by atoms with Gasteiger partial charge in [0.05, 0.1) is 18.8 Å². The molecule has 7 heteroatoms. The van der Waals surface area contributed by atoms with Crippen LogP contribution in [-0.2, 0) is 17.6 Å². The Morgan fingerprint density at radius 1 is 1.07 bits per heavy atom. The minimum atomic E-state index is -0.223. The van der Waals surface area contributed by atoms with Crippen molar-refractivity contribution in [2.75, 3.05) is 32.2 Å². The number of rotatable bonds is 10. The fourth-order valence-corrected chi connectivity index (χ4v) is 4.74. The van der Waals surface area contributed by atoms with Gasteiger partial charge in [-0.15, -0.1) is 11.3 Å². The van der Waals surface area contributed by atoms with Crippen LogP contribution in [0.2, 0.25) is 0 Å². The summed E-state index contributed by atoms with van der Waals surface area (Å²) in [5, 5.41) is 6.50. The highest BCUT2D eigenvalue weighted by atomic mass is 32.1. The molecule has 1 aromatic heterocycles. The zero-order chi connectivity index (χ0) is 21.3. The summed E-state index contributed by atoms with van der Waals surface area (Å²) >= 11 is 1.52. The van der Waals surface area contributed by atoms with Gasteiger partial charge in [-0.1, -0.05) is 13.3 Å². The van der Waals surface area contributed by atoms with Crippen molar-refractivity contribution in [1.82, 2.24) is 5.32 Å². The van der Waals surface area contributed by atoms with Gasteiger partial charge < -0.3 is 20.1 Å². The number of hydrogen-bond donors (Lipinski definition) is 2. The highest BCUT2D eigenvalue weighted by molar-refractivity contribution is 7.17. The smallest absolute Gasteiger partial charge is 0.256 e. The van der Waals surface area contributed by atoms with Crippen molar-refractivity contribution in [1.29, 1.82) is 0 Å². The van der Waals surface area contributed by atoms with E-state index in [0.717, 1.165) is 49.8 Å². The Labute approximate surface area is 182 Å². The van der Waals surface area contributed by atoms with Gasteiger partial charge in [0, 0.05) is 24.1 Å². The third-order valence-corrected chi connectivity index (χ3v) is 6.31. The Balaban J connectivity index is 1.74. The van der Waals surface area contributed by atoms with Crippen LogP contribution < -0.4 is 15.4 Å². The van der Waals surface area contributed by atoms with Gasteiger partial charge in [-0.3, -0.25) is 9.59 Å². The van der Waals surface area contributed by atoms with E-state index < -0.39 is 0 Å². The summed E-state index contributed by atoms with van der Waals surface area (Å²) in [5.41, 5.74) is 2.23. The van der Waals surface area contributed by atoms with E-state index in [1.165, 1.54) is 16.2 Å². The molecule has 1 aromatic carbocycles. The molecule has 1 aliphatic rings. The van der Waals surface area contributed by atoms with Crippen LogP contribution in [0.5, 0.6) is 5.75 Å². The number of amides is 2. The minimum absolute atomic E-state index is 0.151. The molecule has 2 aromatic rings. The first-order chi connectivity index (χ1) is 14.6.